The van der Waals surface area contributed by atoms with Gasteiger partial charge in [-0.2, -0.15) is 0 Å². The molecule has 156 valence electrons. The molecule has 7 heteroatoms. The first-order valence-corrected chi connectivity index (χ1v) is 10.8. The normalized spacial score (nSPS) is 13.6. The zero-order valence-corrected chi connectivity index (χ0v) is 17.7. The zero-order valence-electron chi connectivity index (χ0n) is 16.7. The van der Waals surface area contributed by atoms with Crippen LogP contribution >= 0.6 is 8.03 Å². The Bertz CT molecular complexity index is 939. The maximum Gasteiger partial charge on any atom is 0.305 e. The third-order valence-electron chi connectivity index (χ3n) is 4.44. The van der Waals surface area contributed by atoms with Crippen LogP contribution in [-0.4, -0.2) is 35.1 Å². The maximum absolute atomic E-state index is 13.7. The SMILES string of the molecule is Cc1cc(C)c(C=CCO[PH](=O)C[C@H](O)CC(=O)O)c(-c2ccc(F)c(C)c2)c1. The number of halogens is 1. The van der Waals surface area contributed by atoms with E-state index >= 15 is 0 Å². The molecule has 29 heavy (non-hydrogen) atoms. The second-order valence-electron chi connectivity index (χ2n) is 7.05. The maximum atomic E-state index is 13.7. The van der Waals surface area contributed by atoms with E-state index < -0.39 is 26.5 Å². The fraction of sp³-hybridized carbons (Fsp3) is 0.318. The van der Waals surface area contributed by atoms with Gasteiger partial charge in [0, 0.05) is 6.16 Å². The second-order valence-corrected chi connectivity index (χ2v) is 8.49. The van der Waals surface area contributed by atoms with E-state index in [0.717, 1.165) is 27.8 Å². The predicted molar refractivity (Wildman–Crippen MR) is 113 cm³/mol. The number of carbonyl (C=O) groups is 1. The Labute approximate surface area is 170 Å². The summed E-state index contributed by atoms with van der Waals surface area (Å²) < 4.78 is 30.7. The van der Waals surface area contributed by atoms with Crippen LogP contribution in [0.2, 0.25) is 0 Å². The molecule has 2 N–H and O–H groups in total. The lowest BCUT2D eigenvalue weighted by atomic mass is 9.92. The van der Waals surface area contributed by atoms with Crippen LogP contribution in [0.1, 0.15) is 28.7 Å². The molecule has 2 rings (SSSR count). The van der Waals surface area contributed by atoms with Gasteiger partial charge in [0.15, 0.2) is 8.03 Å². The molecule has 0 bridgehead atoms. The number of rotatable bonds is 9. The molecular formula is C22H26FO5P. The molecule has 1 unspecified atom stereocenters. The number of aliphatic hydroxyl groups excluding tert-OH is 1. The number of aryl methyl sites for hydroxylation is 3. The van der Waals surface area contributed by atoms with E-state index in [9.17, 15) is 18.9 Å². The van der Waals surface area contributed by atoms with Crippen LogP contribution in [0.15, 0.2) is 36.4 Å². The van der Waals surface area contributed by atoms with Gasteiger partial charge in [0.2, 0.25) is 0 Å². The minimum Gasteiger partial charge on any atom is -0.481 e. The first-order chi connectivity index (χ1) is 13.7. The van der Waals surface area contributed by atoms with E-state index in [1.165, 1.54) is 6.07 Å². The lowest BCUT2D eigenvalue weighted by Gasteiger charge is -2.13. The predicted octanol–water partition coefficient (Wildman–Crippen LogP) is 4.76. The third kappa shape index (κ3) is 6.93. The number of benzene rings is 2. The van der Waals surface area contributed by atoms with Gasteiger partial charge in [-0.3, -0.25) is 9.36 Å². The van der Waals surface area contributed by atoms with Crippen molar-refractivity contribution in [2.45, 2.75) is 33.3 Å². The minimum atomic E-state index is -2.53. The molecule has 0 radical (unpaired) electrons. The fourth-order valence-corrected chi connectivity index (χ4v) is 4.01. The summed E-state index contributed by atoms with van der Waals surface area (Å²) in [6, 6.07) is 9.08. The highest BCUT2D eigenvalue weighted by Crippen LogP contribution is 2.30. The lowest BCUT2D eigenvalue weighted by molar-refractivity contribution is -0.138. The Balaban J connectivity index is 2.13. The molecule has 0 amide bonds. The number of aliphatic carboxylic acids is 1. The van der Waals surface area contributed by atoms with Crippen LogP contribution < -0.4 is 0 Å². The summed E-state index contributed by atoms with van der Waals surface area (Å²) in [4.78, 5) is 10.5. The smallest absolute Gasteiger partial charge is 0.305 e. The average Bonchev–Trinajstić information content (AvgIpc) is 2.61. The Morgan fingerprint density at radius 2 is 1.93 bits per heavy atom. The molecule has 0 heterocycles. The summed E-state index contributed by atoms with van der Waals surface area (Å²) in [5.74, 6) is -1.40. The molecule has 2 atom stereocenters. The fourth-order valence-electron chi connectivity index (χ4n) is 3.08. The van der Waals surface area contributed by atoms with Gasteiger partial charge in [0.05, 0.1) is 19.1 Å². The average molecular weight is 420 g/mol. The molecule has 0 saturated heterocycles. The largest absolute Gasteiger partial charge is 0.481 e. The Kier molecular flexibility index (Phi) is 8.32. The van der Waals surface area contributed by atoms with E-state index in [1.54, 1.807) is 25.1 Å². The van der Waals surface area contributed by atoms with Crippen molar-refractivity contribution >= 4 is 20.1 Å². The molecule has 0 saturated carbocycles. The van der Waals surface area contributed by atoms with E-state index in [1.807, 2.05) is 32.1 Å². The summed E-state index contributed by atoms with van der Waals surface area (Å²) >= 11 is 0. The van der Waals surface area contributed by atoms with E-state index in [2.05, 4.69) is 0 Å². The monoisotopic (exact) mass is 420 g/mol. The van der Waals surface area contributed by atoms with Crippen LogP contribution in [0, 0.1) is 26.6 Å². The van der Waals surface area contributed by atoms with E-state index in [0.29, 0.717) is 5.56 Å². The molecule has 2 aromatic carbocycles. The topological polar surface area (TPSA) is 83.8 Å². The third-order valence-corrected chi connectivity index (χ3v) is 5.73. The molecule has 2 aromatic rings. The van der Waals surface area contributed by atoms with Crippen molar-refractivity contribution < 1.29 is 28.5 Å². The molecule has 0 aromatic heterocycles. The summed E-state index contributed by atoms with van der Waals surface area (Å²) in [5.41, 5.74) is 5.52. The summed E-state index contributed by atoms with van der Waals surface area (Å²) in [6.07, 6.45) is 1.76. The Morgan fingerprint density at radius 3 is 2.59 bits per heavy atom. The molecule has 0 spiro atoms. The number of carboxylic acids is 1. The standard InChI is InChI=1S/C22H26FO5P/c1-14-9-15(2)19(20(10-14)17-6-7-21(23)16(3)11-17)5-4-8-28-29(27)13-18(24)12-22(25)26/h4-7,9-11,18,24,29H,8,12-13H2,1-3H3,(H,25,26)/t18-/m1/s1. The van der Waals surface area contributed by atoms with Crippen LogP contribution in [0.25, 0.3) is 17.2 Å². The van der Waals surface area contributed by atoms with E-state index in [-0.39, 0.29) is 18.6 Å². The van der Waals surface area contributed by atoms with Crippen LogP contribution in [-0.2, 0) is 13.9 Å². The second kappa shape index (κ2) is 10.5. The van der Waals surface area contributed by atoms with Crippen molar-refractivity contribution in [2.24, 2.45) is 0 Å². The van der Waals surface area contributed by atoms with Gasteiger partial charge < -0.3 is 14.7 Å². The van der Waals surface area contributed by atoms with Gasteiger partial charge in [0.25, 0.3) is 0 Å². The highest BCUT2D eigenvalue weighted by atomic mass is 31.1. The number of carboxylic acid groups (broad SMARTS) is 1. The summed E-state index contributed by atoms with van der Waals surface area (Å²) in [6.45, 7) is 5.78. The van der Waals surface area contributed by atoms with Gasteiger partial charge in [-0.1, -0.05) is 35.9 Å². The molecule has 0 aliphatic heterocycles. The summed E-state index contributed by atoms with van der Waals surface area (Å²) in [5, 5.41) is 18.1. The van der Waals surface area contributed by atoms with Crippen LogP contribution in [0.4, 0.5) is 4.39 Å². The quantitative estimate of drug-likeness (QED) is 0.572. The highest BCUT2D eigenvalue weighted by molar-refractivity contribution is 7.39. The molecule has 5 nitrogen and oxygen atoms in total. The molecule has 0 aliphatic carbocycles. The molecular weight excluding hydrogens is 394 g/mol. The summed E-state index contributed by atoms with van der Waals surface area (Å²) in [7, 11) is -2.53. The van der Waals surface area contributed by atoms with Crippen molar-refractivity contribution in [3.8, 4) is 11.1 Å². The molecule has 0 aliphatic rings. The minimum absolute atomic E-state index is 0.0762. The van der Waals surface area contributed by atoms with Gasteiger partial charge >= 0.3 is 5.97 Å². The van der Waals surface area contributed by atoms with Gasteiger partial charge in [-0.15, -0.1) is 0 Å². The van der Waals surface area contributed by atoms with Crippen molar-refractivity contribution in [3.05, 3.63) is 64.5 Å². The molecule has 0 fully saturated rings. The van der Waals surface area contributed by atoms with Crippen LogP contribution in [0.3, 0.4) is 0 Å². The van der Waals surface area contributed by atoms with Crippen molar-refractivity contribution in [1.82, 2.24) is 0 Å². The van der Waals surface area contributed by atoms with Crippen molar-refractivity contribution in [3.63, 3.8) is 0 Å². The van der Waals surface area contributed by atoms with E-state index in [4.69, 9.17) is 9.63 Å². The number of hydrogen-bond acceptors (Lipinski definition) is 4. The Morgan fingerprint density at radius 1 is 1.21 bits per heavy atom. The Hall–Kier alpha value is -2.27. The first-order valence-electron chi connectivity index (χ1n) is 9.27. The first kappa shape index (κ1) is 23.0. The van der Waals surface area contributed by atoms with Gasteiger partial charge in [-0.25, -0.2) is 4.39 Å². The zero-order chi connectivity index (χ0) is 21.6. The van der Waals surface area contributed by atoms with Gasteiger partial charge in [-0.05, 0) is 60.7 Å². The number of hydrogen-bond donors (Lipinski definition) is 2. The van der Waals surface area contributed by atoms with Crippen molar-refractivity contribution in [1.29, 1.82) is 0 Å². The van der Waals surface area contributed by atoms with Crippen molar-refractivity contribution in [2.75, 3.05) is 12.8 Å². The lowest BCUT2D eigenvalue weighted by Crippen LogP contribution is -2.15. The van der Waals surface area contributed by atoms with Crippen LogP contribution in [0.5, 0.6) is 0 Å². The van der Waals surface area contributed by atoms with Gasteiger partial charge in [0.1, 0.15) is 5.82 Å². The highest BCUT2D eigenvalue weighted by Gasteiger charge is 2.13. The number of aliphatic hydroxyl groups is 1.